The topological polar surface area (TPSA) is 76.6 Å². The van der Waals surface area contributed by atoms with Gasteiger partial charge in [-0.05, 0) is 89.1 Å². The van der Waals surface area contributed by atoms with Gasteiger partial charge >= 0.3 is 24.4 Å². The SMILES string of the molecule is CC(OC(=O)N1CCC2(CCCN2Cc2ccc(C(F)(F)F)cc2N2CCC(N3CCCC3C(=O)O)CC2)CC1)C(F)(F)F. The van der Waals surface area contributed by atoms with E-state index >= 15 is 0 Å². The van der Waals surface area contributed by atoms with Crippen LogP contribution in [0.3, 0.4) is 0 Å². The van der Waals surface area contributed by atoms with Crippen molar-refractivity contribution in [3.63, 3.8) is 0 Å². The minimum atomic E-state index is -4.64. The number of aliphatic carboxylic acids is 1. The summed E-state index contributed by atoms with van der Waals surface area (Å²) in [6.45, 7) is 4.15. The second kappa shape index (κ2) is 12.6. The molecule has 1 N–H and O–H groups in total. The largest absolute Gasteiger partial charge is 0.480 e. The van der Waals surface area contributed by atoms with Gasteiger partial charge < -0.3 is 19.6 Å². The molecule has 1 aromatic carbocycles. The lowest BCUT2D eigenvalue weighted by Crippen LogP contribution is -2.53. The zero-order valence-corrected chi connectivity index (χ0v) is 24.8. The van der Waals surface area contributed by atoms with Crippen molar-refractivity contribution in [2.24, 2.45) is 0 Å². The number of anilines is 1. The fourth-order valence-corrected chi connectivity index (χ4v) is 7.51. The van der Waals surface area contributed by atoms with Crippen LogP contribution in [0.4, 0.5) is 36.8 Å². The van der Waals surface area contributed by atoms with Crippen LogP contribution in [0.2, 0.25) is 0 Å². The summed E-state index contributed by atoms with van der Waals surface area (Å²) in [5.41, 5.74) is 0.266. The molecule has 0 saturated carbocycles. The number of benzene rings is 1. The summed E-state index contributed by atoms with van der Waals surface area (Å²) in [6.07, 6.45) is -6.83. The monoisotopic (exact) mass is 634 g/mol. The molecule has 4 fully saturated rings. The molecule has 2 unspecified atom stereocenters. The zero-order valence-electron chi connectivity index (χ0n) is 24.8. The number of hydrogen-bond donors (Lipinski definition) is 1. The summed E-state index contributed by atoms with van der Waals surface area (Å²) in [7, 11) is 0. The Bertz CT molecular complexity index is 1190. The fourth-order valence-electron chi connectivity index (χ4n) is 7.51. The van der Waals surface area contributed by atoms with E-state index in [0.717, 1.165) is 44.4 Å². The molecule has 0 radical (unpaired) electrons. The van der Waals surface area contributed by atoms with E-state index in [0.29, 0.717) is 64.0 Å². The lowest BCUT2D eigenvalue weighted by molar-refractivity contribution is -0.200. The smallest absolute Gasteiger partial charge is 0.425 e. The van der Waals surface area contributed by atoms with Crippen LogP contribution in [0.1, 0.15) is 69.4 Å². The summed E-state index contributed by atoms with van der Waals surface area (Å²) < 4.78 is 84.6. The Balaban J connectivity index is 1.28. The molecular weight excluding hydrogens is 594 g/mol. The first-order valence-corrected chi connectivity index (χ1v) is 15.4. The second-order valence-electron chi connectivity index (χ2n) is 12.6. The van der Waals surface area contributed by atoms with E-state index in [1.165, 1.54) is 11.0 Å². The minimum Gasteiger partial charge on any atom is -0.480 e. The number of hydrogen-bond acceptors (Lipinski definition) is 6. The van der Waals surface area contributed by atoms with Crippen molar-refractivity contribution < 1.29 is 45.8 Å². The molecule has 4 aliphatic rings. The predicted molar refractivity (Wildman–Crippen MR) is 149 cm³/mol. The van der Waals surface area contributed by atoms with Crippen LogP contribution in [-0.4, -0.2) is 101 Å². The summed E-state index contributed by atoms with van der Waals surface area (Å²) in [4.78, 5) is 31.7. The van der Waals surface area contributed by atoms with E-state index in [-0.39, 0.29) is 24.7 Å². The first-order valence-electron chi connectivity index (χ1n) is 15.4. The van der Waals surface area contributed by atoms with E-state index < -0.39 is 42.1 Å². The highest BCUT2D eigenvalue weighted by Crippen LogP contribution is 2.42. The highest BCUT2D eigenvalue weighted by molar-refractivity contribution is 5.74. The highest BCUT2D eigenvalue weighted by Gasteiger charge is 2.46. The van der Waals surface area contributed by atoms with Crippen LogP contribution in [0.5, 0.6) is 0 Å². The number of carbonyl (C=O) groups is 2. The maximum atomic E-state index is 13.8. The van der Waals surface area contributed by atoms with E-state index in [9.17, 15) is 41.0 Å². The van der Waals surface area contributed by atoms with Crippen molar-refractivity contribution in [1.29, 1.82) is 0 Å². The Labute approximate surface area is 252 Å². The lowest BCUT2D eigenvalue weighted by atomic mass is 9.84. The minimum absolute atomic E-state index is 0.0712. The molecule has 2 atom stereocenters. The third kappa shape index (κ3) is 6.90. The van der Waals surface area contributed by atoms with Crippen molar-refractivity contribution in [2.45, 2.75) is 101 Å². The molecule has 1 spiro atoms. The van der Waals surface area contributed by atoms with Crippen LogP contribution in [0.15, 0.2) is 18.2 Å². The molecular formula is C30H40F6N4O4. The van der Waals surface area contributed by atoms with Crippen molar-refractivity contribution in [3.05, 3.63) is 29.3 Å². The quantitative estimate of drug-likeness (QED) is 0.400. The number of carboxylic acids is 1. The first-order chi connectivity index (χ1) is 20.7. The van der Waals surface area contributed by atoms with Gasteiger partial charge in [0, 0.05) is 50.0 Å². The van der Waals surface area contributed by atoms with Crippen LogP contribution in [-0.2, 0) is 22.3 Å². The van der Waals surface area contributed by atoms with Gasteiger partial charge in [-0.15, -0.1) is 0 Å². The van der Waals surface area contributed by atoms with Crippen LogP contribution >= 0.6 is 0 Å². The number of carbonyl (C=O) groups excluding carboxylic acids is 1. The number of rotatable bonds is 6. The fraction of sp³-hybridized carbons (Fsp3) is 0.733. The normalized spacial score (nSPS) is 24.7. The summed E-state index contributed by atoms with van der Waals surface area (Å²) in [6, 6.07) is 3.43. The maximum Gasteiger partial charge on any atom is 0.425 e. The van der Waals surface area contributed by atoms with E-state index in [4.69, 9.17) is 0 Å². The van der Waals surface area contributed by atoms with Gasteiger partial charge in [-0.2, -0.15) is 26.3 Å². The maximum absolute atomic E-state index is 13.8. The molecule has 0 aromatic heterocycles. The molecule has 4 saturated heterocycles. The Morgan fingerprint density at radius 3 is 2.25 bits per heavy atom. The van der Waals surface area contributed by atoms with Gasteiger partial charge in [-0.25, -0.2) is 4.79 Å². The number of alkyl halides is 6. The molecule has 4 heterocycles. The molecule has 5 rings (SSSR count). The number of halogens is 6. The Morgan fingerprint density at radius 2 is 1.64 bits per heavy atom. The van der Waals surface area contributed by atoms with Gasteiger partial charge in [0.1, 0.15) is 6.04 Å². The molecule has 14 heteroatoms. The average Bonchev–Trinajstić information content (AvgIpc) is 3.61. The van der Waals surface area contributed by atoms with Gasteiger partial charge in [0.05, 0.1) is 5.56 Å². The number of likely N-dealkylation sites (tertiary alicyclic amines) is 3. The Hall–Kier alpha value is -2.74. The van der Waals surface area contributed by atoms with E-state index in [2.05, 4.69) is 9.64 Å². The Kier molecular flexibility index (Phi) is 9.33. The molecule has 4 aliphatic heterocycles. The van der Waals surface area contributed by atoms with Gasteiger partial charge in [-0.1, -0.05) is 6.07 Å². The summed E-state index contributed by atoms with van der Waals surface area (Å²) in [5.74, 6) is -0.830. The zero-order chi connectivity index (χ0) is 31.9. The number of amides is 1. The van der Waals surface area contributed by atoms with Crippen molar-refractivity contribution in [3.8, 4) is 0 Å². The lowest BCUT2D eigenvalue weighted by Gasteiger charge is -2.45. The summed E-state index contributed by atoms with van der Waals surface area (Å²) in [5, 5.41) is 9.60. The van der Waals surface area contributed by atoms with Crippen molar-refractivity contribution >= 4 is 17.7 Å². The number of ether oxygens (including phenoxy) is 1. The standard InChI is InChI=1S/C30H40F6N4O4/c1-20(29(31,32)33)44-27(43)38-16-10-28(11-17-38)9-3-12-39(28)19-21-5-6-22(30(34,35)36)18-25(21)37-14-7-23(8-15-37)40-13-2-4-24(40)26(41)42/h5-6,18,20,23-24H,2-4,7-17,19H2,1H3,(H,41,42). The number of piperidine rings is 2. The average molecular weight is 635 g/mol. The molecule has 1 aromatic rings. The van der Waals surface area contributed by atoms with Gasteiger partial charge in [-0.3, -0.25) is 14.6 Å². The van der Waals surface area contributed by atoms with Gasteiger partial charge in [0.15, 0.2) is 6.10 Å². The number of nitrogens with zero attached hydrogens (tertiary/aromatic N) is 4. The van der Waals surface area contributed by atoms with Crippen LogP contribution in [0.25, 0.3) is 0 Å². The third-order valence-electron chi connectivity index (χ3n) is 10.1. The molecule has 0 aliphatic carbocycles. The molecule has 1 amide bonds. The van der Waals surface area contributed by atoms with Crippen molar-refractivity contribution in [2.75, 3.05) is 44.2 Å². The highest BCUT2D eigenvalue weighted by atomic mass is 19.4. The van der Waals surface area contributed by atoms with E-state index in [1.807, 2.05) is 9.80 Å². The molecule has 0 bridgehead atoms. The molecule has 8 nitrogen and oxygen atoms in total. The Morgan fingerprint density at radius 1 is 0.955 bits per heavy atom. The first kappa shape index (κ1) is 32.6. The number of carboxylic acid groups (broad SMARTS) is 1. The van der Waals surface area contributed by atoms with Crippen molar-refractivity contribution in [1.82, 2.24) is 14.7 Å². The molecule has 246 valence electrons. The van der Waals surface area contributed by atoms with E-state index in [1.54, 1.807) is 6.07 Å². The molecule has 44 heavy (non-hydrogen) atoms. The third-order valence-corrected chi connectivity index (χ3v) is 10.1. The summed E-state index contributed by atoms with van der Waals surface area (Å²) >= 11 is 0. The van der Waals surface area contributed by atoms with Crippen LogP contribution in [0, 0.1) is 0 Å². The second-order valence-corrected chi connectivity index (χ2v) is 12.6. The van der Waals surface area contributed by atoms with Crippen LogP contribution < -0.4 is 4.90 Å². The van der Waals surface area contributed by atoms with Gasteiger partial charge in [0.2, 0.25) is 0 Å². The predicted octanol–water partition coefficient (Wildman–Crippen LogP) is 5.74. The van der Waals surface area contributed by atoms with Gasteiger partial charge in [0.25, 0.3) is 0 Å².